The fraction of sp³-hybridized carbons (Fsp3) is 0.647. The number of H-pyrrole nitrogens is 1. The molecule has 4 rings (SSSR count). The van der Waals surface area contributed by atoms with Crippen molar-refractivity contribution in [2.24, 2.45) is 0 Å². The Labute approximate surface area is 146 Å². The summed E-state index contributed by atoms with van der Waals surface area (Å²) >= 11 is 2.09. The van der Waals surface area contributed by atoms with Gasteiger partial charge in [0.1, 0.15) is 0 Å². The van der Waals surface area contributed by atoms with Crippen LogP contribution in [-0.2, 0) is 6.54 Å². The molecule has 24 heavy (non-hydrogen) atoms. The smallest absolute Gasteiger partial charge is 0.272 e. The number of aryl methyl sites for hydroxylation is 1. The van der Waals surface area contributed by atoms with Crippen LogP contribution in [0.1, 0.15) is 24.2 Å². The van der Waals surface area contributed by atoms with Crippen LogP contribution in [0.25, 0.3) is 5.65 Å². The van der Waals surface area contributed by atoms with E-state index < -0.39 is 0 Å². The van der Waals surface area contributed by atoms with Crippen LogP contribution < -0.4 is 5.56 Å². The molecule has 0 unspecified atom stereocenters. The molecule has 7 heteroatoms. The van der Waals surface area contributed by atoms with E-state index in [-0.39, 0.29) is 5.56 Å². The van der Waals surface area contributed by atoms with Gasteiger partial charge in [-0.15, -0.1) is 0 Å². The molecule has 2 aromatic rings. The molecule has 0 bridgehead atoms. The number of hydrogen-bond donors (Lipinski definition) is 1. The first kappa shape index (κ1) is 16.2. The number of aromatic amines is 1. The summed E-state index contributed by atoms with van der Waals surface area (Å²) in [6.07, 6.45) is 2.68. The van der Waals surface area contributed by atoms with Crippen molar-refractivity contribution in [2.75, 3.05) is 37.7 Å². The van der Waals surface area contributed by atoms with Crippen molar-refractivity contribution in [1.29, 1.82) is 0 Å². The Morgan fingerprint density at radius 3 is 2.71 bits per heavy atom. The summed E-state index contributed by atoms with van der Waals surface area (Å²) in [5.74, 6) is 2.63. The maximum absolute atomic E-state index is 12.2. The van der Waals surface area contributed by atoms with Crippen LogP contribution in [0, 0.1) is 6.92 Å². The van der Waals surface area contributed by atoms with E-state index in [1.54, 1.807) is 6.07 Å². The van der Waals surface area contributed by atoms with Crippen LogP contribution in [0.2, 0.25) is 0 Å². The average molecular weight is 347 g/mol. The number of nitrogens with zero attached hydrogens (tertiary/aromatic N) is 4. The molecule has 2 aliphatic heterocycles. The second kappa shape index (κ2) is 6.90. The number of fused-ring (bicyclic) bond motifs is 1. The molecule has 2 saturated heterocycles. The maximum atomic E-state index is 12.2. The predicted molar refractivity (Wildman–Crippen MR) is 97.7 cm³/mol. The van der Waals surface area contributed by atoms with E-state index in [0.29, 0.717) is 5.65 Å². The first-order valence-electron chi connectivity index (χ1n) is 8.81. The van der Waals surface area contributed by atoms with Gasteiger partial charge in [0.15, 0.2) is 5.65 Å². The van der Waals surface area contributed by atoms with Gasteiger partial charge in [0.2, 0.25) is 0 Å². The minimum atomic E-state index is -0.0264. The van der Waals surface area contributed by atoms with Gasteiger partial charge < -0.3 is 0 Å². The summed E-state index contributed by atoms with van der Waals surface area (Å²) in [6, 6.07) is 4.37. The van der Waals surface area contributed by atoms with E-state index in [1.165, 1.54) is 28.9 Å². The topological polar surface area (TPSA) is 56.6 Å². The van der Waals surface area contributed by atoms with Crippen LogP contribution in [-0.4, -0.2) is 68.1 Å². The van der Waals surface area contributed by atoms with Gasteiger partial charge in [0.25, 0.3) is 5.56 Å². The van der Waals surface area contributed by atoms with E-state index in [1.807, 2.05) is 13.0 Å². The lowest BCUT2D eigenvalue weighted by Crippen LogP contribution is -2.50. The molecule has 0 aromatic carbocycles. The second-order valence-corrected chi connectivity index (χ2v) is 8.10. The highest BCUT2D eigenvalue weighted by molar-refractivity contribution is 7.99. The van der Waals surface area contributed by atoms with E-state index in [4.69, 9.17) is 0 Å². The molecule has 2 aromatic heterocycles. The second-order valence-electron chi connectivity index (χ2n) is 6.87. The normalized spacial score (nSPS) is 21.5. The lowest BCUT2D eigenvalue weighted by Gasteiger charge is -2.40. The van der Waals surface area contributed by atoms with Crippen molar-refractivity contribution >= 4 is 17.4 Å². The van der Waals surface area contributed by atoms with Crippen LogP contribution >= 0.6 is 11.8 Å². The molecule has 4 heterocycles. The zero-order valence-corrected chi connectivity index (χ0v) is 15.0. The molecule has 0 atom stereocenters. The molecule has 0 amide bonds. The third-order valence-electron chi connectivity index (χ3n) is 5.13. The maximum Gasteiger partial charge on any atom is 0.272 e. The van der Waals surface area contributed by atoms with E-state index in [9.17, 15) is 4.79 Å². The molecule has 130 valence electrons. The Morgan fingerprint density at radius 2 is 1.96 bits per heavy atom. The summed E-state index contributed by atoms with van der Waals surface area (Å²) < 4.78 is 1.51. The highest BCUT2D eigenvalue weighted by atomic mass is 32.2. The zero-order chi connectivity index (χ0) is 16.5. The third-order valence-corrected chi connectivity index (χ3v) is 6.18. The Bertz CT molecular complexity index is 756. The molecule has 0 saturated carbocycles. The monoisotopic (exact) mass is 347 g/mol. The average Bonchev–Trinajstić information content (AvgIpc) is 2.97. The summed E-state index contributed by atoms with van der Waals surface area (Å²) in [5.41, 5.74) is 2.52. The van der Waals surface area contributed by atoms with Crippen LogP contribution in [0.4, 0.5) is 0 Å². The minimum Gasteiger partial charge on any atom is -0.298 e. The van der Waals surface area contributed by atoms with Crippen LogP contribution in [0.5, 0.6) is 0 Å². The lowest BCUT2D eigenvalue weighted by molar-refractivity contribution is 0.0873. The first-order chi connectivity index (χ1) is 11.7. The number of nitrogens with one attached hydrogen (secondary N) is 1. The fourth-order valence-corrected chi connectivity index (χ4v) is 4.89. The Balaban J connectivity index is 1.39. The molecule has 0 radical (unpaired) electrons. The van der Waals surface area contributed by atoms with Gasteiger partial charge >= 0.3 is 0 Å². The van der Waals surface area contributed by atoms with Gasteiger partial charge in [-0.1, -0.05) is 0 Å². The van der Waals surface area contributed by atoms with Gasteiger partial charge in [0, 0.05) is 56.6 Å². The van der Waals surface area contributed by atoms with Gasteiger partial charge in [-0.2, -0.15) is 11.8 Å². The van der Waals surface area contributed by atoms with E-state index in [0.717, 1.165) is 50.2 Å². The van der Waals surface area contributed by atoms with Gasteiger partial charge in [-0.3, -0.25) is 19.7 Å². The molecule has 0 aliphatic carbocycles. The molecule has 0 spiro atoms. The molecule has 2 aliphatic rings. The standard InChI is InChI=1S/C17H25N5OS/c1-13-10-16-18-14(11-17(23)22(16)19-13)12-20-4-6-21(7-5-20)15-2-8-24-9-3-15/h10-11,15,19H,2-9,12H2,1H3. The lowest BCUT2D eigenvalue weighted by atomic mass is 10.1. The van der Waals surface area contributed by atoms with Crippen molar-refractivity contribution in [3.8, 4) is 0 Å². The Kier molecular flexibility index (Phi) is 4.65. The number of hydrogen-bond acceptors (Lipinski definition) is 5. The summed E-state index contributed by atoms with van der Waals surface area (Å²) in [4.78, 5) is 21.9. The number of rotatable bonds is 3. The quantitative estimate of drug-likeness (QED) is 0.908. The third kappa shape index (κ3) is 3.38. The highest BCUT2D eigenvalue weighted by Gasteiger charge is 2.25. The number of thioether (sulfide) groups is 1. The molecule has 6 nitrogen and oxygen atoms in total. The van der Waals surface area contributed by atoms with Crippen molar-refractivity contribution in [3.05, 3.63) is 33.9 Å². The van der Waals surface area contributed by atoms with E-state index >= 15 is 0 Å². The van der Waals surface area contributed by atoms with Crippen molar-refractivity contribution in [3.63, 3.8) is 0 Å². The SMILES string of the molecule is Cc1cc2nc(CN3CCN(C4CCSCC4)CC3)cc(=O)n2[nH]1. The van der Waals surface area contributed by atoms with Crippen LogP contribution in [0.3, 0.4) is 0 Å². The molecular formula is C17H25N5OS. The van der Waals surface area contributed by atoms with Crippen LogP contribution in [0.15, 0.2) is 16.9 Å². The Morgan fingerprint density at radius 1 is 1.21 bits per heavy atom. The van der Waals surface area contributed by atoms with Crippen molar-refractivity contribution in [1.82, 2.24) is 24.4 Å². The van der Waals surface area contributed by atoms with Crippen molar-refractivity contribution in [2.45, 2.75) is 32.4 Å². The number of piperazine rings is 1. The molecule has 1 N–H and O–H groups in total. The van der Waals surface area contributed by atoms with Gasteiger partial charge in [0.05, 0.1) is 5.69 Å². The highest BCUT2D eigenvalue weighted by Crippen LogP contribution is 2.22. The van der Waals surface area contributed by atoms with Gasteiger partial charge in [-0.05, 0) is 31.3 Å². The fourth-order valence-electron chi connectivity index (χ4n) is 3.81. The largest absolute Gasteiger partial charge is 0.298 e. The molecule has 2 fully saturated rings. The number of aromatic nitrogens is 3. The minimum absolute atomic E-state index is 0.0264. The predicted octanol–water partition coefficient (Wildman–Crippen LogP) is 1.34. The van der Waals surface area contributed by atoms with E-state index in [2.05, 4.69) is 31.6 Å². The summed E-state index contributed by atoms with van der Waals surface area (Å²) in [7, 11) is 0. The van der Waals surface area contributed by atoms with Gasteiger partial charge in [-0.25, -0.2) is 9.50 Å². The summed E-state index contributed by atoms with van der Waals surface area (Å²) in [5, 5.41) is 3.02. The zero-order valence-electron chi connectivity index (χ0n) is 14.2. The first-order valence-corrected chi connectivity index (χ1v) is 9.97. The summed E-state index contributed by atoms with van der Waals surface area (Å²) in [6.45, 7) is 7.12. The Hall–Kier alpha value is -1.31. The van der Waals surface area contributed by atoms with Crippen molar-refractivity contribution < 1.29 is 0 Å². The molecular weight excluding hydrogens is 322 g/mol.